The van der Waals surface area contributed by atoms with Crippen molar-refractivity contribution in [3.05, 3.63) is 71.3 Å². The van der Waals surface area contributed by atoms with Crippen molar-refractivity contribution in [2.75, 3.05) is 7.11 Å². The van der Waals surface area contributed by atoms with Gasteiger partial charge in [0.05, 0.1) is 24.3 Å². The first-order chi connectivity index (χ1) is 10.1. The predicted octanol–water partition coefficient (Wildman–Crippen LogP) is 2.96. The van der Waals surface area contributed by atoms with E-state index >= 15 is 0 Å². The number of carbonyl (C=O) groups is 2. The minimum atomic E-state index is -0.520. The van der Waals surface area contributed by atoms with E-state index in [4.69, 9.17) is 4.74 Å². The summed E-state index contributed by atoms with van der Waals surface area (Å²) in [5.41, 5.74) is 1.58. The van der Waals surface area contributed by atoms with E-state index in [0.717, 1.165) is 5.56 Å². The van der Waals surface area contributed by atoms with Crippen LogP contribution in [0.5, 0.6) is 0 Å². The SMILES string of the molecule is COC(=O)c1ccccc1C(=O)N[C@@H](C)c1ccccc1. The topological polar surface area (TPSA) is 55.4 Å². The predicted molar refractivity (Wildman–Crippen MR) is 80.1 cm³/mol. The van der Waals surface area contributed by atoms with Gasteiger partial charge in [-0.05, 0) is 24.6 Å². The summed E-state index contributed by atoms with van der Waals surface area (Å²) in [4.78, 5) is 24.0. The van der Waals surface area contributed by atoms with Gasteiger partial charge in [0, 0.05) is 0 Å². The molecular weight excluding hydrogens is 266 g/mol. The molecule has 2 rings (SSSR count). The van der Waals surface area contributed by atoms with Crippen LogP contribution >= 0.6 is 0 Å². The van der Waals surface area contributed by atoms with Gasteiger partial charge in [-0.25, -0.2) is 4.79 Å². The van der Waals surface area contributed by atoms with E-state index in [1.165, 1.54) is 7.11 Å². The number of rotatable bonds is 4. The summed E-state index contributed by atoms with van der Waals surface area (Å²) >= 11 is 0. The highest BCUT2D eigenvalue weighted by Gasteiger charge is 2.18. The first-order valence-corrected chi connectivity index (χ1v) is 6.66. The minimum absolute atomic E-state index is 0.149. The molecule has 0 aromatic heterocycles. The van der Waals surface area contributed by atoms with Crippen LogP contribution in [0.4, 0.5) is 0 Å². The third kappa shape index (κ3) is 3.48. The number of amides is 1. The molecule has 0 saturated heterocycles. The second-order valence-electron chi connectivity index (χ2n) is 4.64. The van der Waals surface area contributed by atoms with Gasteiger partial charge in [-0.2, -0.15) is 0 Å². The van der Waals surface area contributed by atoms with Gasteiger partial charge in [-0.1, -0.05) is 42.5 Å². The quantitative estimate of drug-likeness (QED) is 0.878. The molecule has 0 aliphatic heterocycles. The molecule has 21 heavy (non-hydrogen) atoms. The highest BCUT2D eigenvalue weighted by Crippen LogP contribution is 2.15. The fraction of sp³-hybridized carbons (Fsp3) is 0.176. The van der Waals surface area contributed by atoms with E-state index in [2.05, 4.69) is 5.32 Å². The van der Waals surface area contributed by atoms with E-state index < -0.39 is 5.97 Å². The van der Waals surface area contributed by atoms with E-state index in [1.54, 1.807) is 24.3 Å². The van der Waals surface area contributed by atoms with E-state index in [9.17, 15) is 9.59 Å². The van der Waals surface area contributed by atoms with Gasteiger partial charge in [0.2, 0.25) is 0 Å². The Morgan fingerprint density at radius 3 is 2.14 bits per heavy atom. The summed E-state index contributed by atoms with van der Waals surface area (Å²) in [6, 6.07) is 16.1. The molecule has 0 spiro atoms. The van der Waals surface area contributed by atoms with E-state index in [0.29, 0.717) is 5.56 Å². The third-order valence-electron chi connectivity index (χ3n) is 3.22. The molecule has 0 bridgehead atoms. The molecular formula is C17H17NO3. The summed E-state index contributed by atoms with van der Waals surface area (Å²) in [7, 11) is 1.30. The van der Waals surface area contributed by atoms with Crippen LogP contribution in [0.2, 0.25) is 0 Å². The molecule has 1 N–H and O–H groups in total. The molecule has 4 nitrogen and oxygen atoms in total. The second-order valence-corrected chi connectivity index (χ2v) is 4.64. The van der Waals surface area contributed by atoms with Gasteiger partial charge in [-0.15, -0.1) is 0 Å². The zero-order chi connectivity index (χ0) is 15.2. The average molecular weight is 283 g/mol. The molecule has 0 unspecified atom stereocenters. The lowest BCUT2D eigenvalue weighted by molar-refractivity contribution is 0.0596. The average Bonchev–Trinajstić information content (AvgIpc) is 2.54. The molecule has 4 heteroatoms. The monoisotopic (exact) mass is 283 g/mol. The van der Waals surface area contributed by atoms with Crippen molar-refractivity contribution in [1.29, 1.82) is 0 Å². The molecule has 0 aliphatic rings. The smallest absolute Gasteiger partial charge is 0.338 e. The van der Waals surface area contributed by atoms with Crippen LogP contribution in [0.15, 0.2) is 54.6 Å². The van der Waals surface area contributed by atoms with Crippen LogP contribution < -0.4 is 5.32 Å². The Kier molecular flexibility index (Phi) is 4.72. The maximum atomic E-state index is 12.4. The molecule has 1 atom stereocenters. The standard InChI is InChI=1S/C17H17NO3/c1-12(13-8-4-3-5-9-13)18-16(19)14-10-6-7-11-15(14)17(20)21-2/h3-12H,1-2H3,(H,18,19)/t12-/m0/s1. The molecule has 0 fully saturated rings. The summed E-state index contributed by atoms with van der Waals surface area (Å²) in [6.45, 7) is 1.90. The summed E-state index contributed by atoms with van der Waals surface area (Å²) in [6.07, 6.45) is 0. The molecule has 2 aromatic carbocycles. The summed E-state index contributed by atoms with van der Waals surface area (Å²) < 4.78 is 4.70. The Labute approximate surface area is 123 Å². The van der Waals surface area contributed by atoms with E-state index in [-0.39, 0.29) is 17.5 Å². The number of hydrogen-bond donors (Lipinski definition) is 1. The number of esters is 1. The summed E-state index contributed by atoms with van der Waals surface area (Å²) in [5, 5.41) is 2.89. The Morgan fingerprint density at radius 2 is 1.52 bits per heavy atom. The van der Waals surface area contributed by atoms with Gasteiger partial charge in [-0.3, -0.25) is 4.79 Å². The fourth-order valence-electron chi connectivity index (χ4n) is 2.07. The van der Waals surface area contributed by atoms with Crippen LogP contribution in [-0.4, -0.2) is 19.0 Å². The number of methoxy groups -OCH3 is 1. The van der Waals surface area contributed by atoms with Gasteiger partial charge in [0.25, 0.3) is 5.91 Å². The first kappa shape index (κ1) is 14.8. The zero-order valence-electron chi connectivity index (χ0n) is 12.0. The number of carbonyl (C=O) groups excluding carboxylic acids is 2. The first-order valence-electron chi connectivity index (χ1n) is 6.66. The van der Waals surface area contributed by atoms with Crippen molar-refractivity contribution >= 4 is 11.9 Å². The number of nitrogens with one attached hydrogen (secondary N) is 1. The lowest BCUT2D eigenvalue weighted by atomic mass is 10.0. The molecule has 0 aliphatic carbocycles. The fourth-order valence-corrected chi connectivity index (χ4v) is 2.07. The van der Waals surface area contributed by atoms with Gasteiger partial charge in [0.1, 0.15) is 0 Å². The van der Waals surface area contributed by atoms with Crippen molar-refractivity contribution in [2.24, 2.45) is 0 Å². The van der Waals surface area contributed by atoms with E-state index in [1.807, 2.05) is 37.3 Å². The minimum Gasteiger partial charge on any atom is -0.465 e. The molecule has 2 aromatic rings. The second kappa shape index (κ2) is 6.70. The zero-order valence-corrected chi connectivity index (χ0v) is 12.0. The number of hydrogen-bond acceptors (Lipinski definition) is 3. The maximum Gasteiger partial charge on any atom is 0.338 e. The van der Waals surface area contributed by atoms with Crippen LogP contribution in [0.25, 0.3) is 0 Å². The van der Waals surface area contributed by atoms with Crippen LogP contribution in [-0.2, 0) is 4.74 Å². The van der Waals surface area contributed by atoms with Crippen molar-refractivity contribution in [3.63, 3.8) is 0 Å². The summed E-state index contributed by atoms with van der Waals surface area (Å²) in [5.74, 6) is -0.819. The third-order valence-corrected chi connectivity index (χ3v) is 3.22. The van der Waals surface area contributed by atoms with Crippen LogP contribution in [0.3, 0.4) is 0 Å². The van der Waals surface area contributed by atoms with Crippen molar-refractivity contribution in [2.45, 2.75) is 13.0 Å². The van der Waals surface area contributed by atoms with Crippen LogP contribution in [0.1, 0.15) is 39.2 Å². The highest BCUT2D eigenvalue weighted by atomic mass is 16.5. The van der Waals surface area contributed by atoms with Crippen molar-refractivity contribution in [3.8, 4) is 0 Å². The molecule has 0 saturated carbocycles. The Balaban J connectivity index is 2.20. The normalized spacial score (nSPS) is 11.5. The van der Waals surface area contributed by atoms with Gasteiger partial charge >= 0.3 is 5.97 Å². The Hall–Kier alpha value is -2.62. The lowest BCUT2D eigenvalue weighted by Crippen LogP contribution is -2.28. The van der Waals surface area contributed by atoms with Crippen molar-refractivity contribution in [1.82, 2.24) is 5.32 Å². The van der Waals surface area contributed by atoms with Crippen molar-refractivity contribution < 1.29 is 14.3 Å². The van der Waals surface area contributed by atoms with Crippen LogP contribution in [0, 0.1) is 0 Å². The Bertz CT molecular complexity index is 637. The molecule has 0 heterocycles. The molecule has 0 radical (unpaired) electrons. The van der Waals surface area contributed by atoms with Gasteiger partial charge < -0.3 is 10.1 Å². The largest absolute Gasteiger partial charge is 0.465 e. The van der Waals surface area contributed by atoms with Gasteiger partial charge in [0.15, 0.2) is 0 Å². The number of ether oxygens (including phenoxy) is 1. The molecule has 1 amide bonds. The number of benzene rings is 2. The lowest BCUT2D eigenvalue weighted by Gasteiger charge is -2.15. The Morgan fingerprint density at radius 1 is 0.952 bits per heavy atom. The molecule has 108 valence electrons. The highest BCUT2D eigenvalue weighted by molar-refractivity contribution is 6.05. The maximum absolute atomic E-state index is 12.4.